The van der Waals surface area contributed by atoms with Crippen LogP contribution in [-0.2, 0) is 4.74 Å². The van der Waals surface area contributed by atoms with Crippen molar-refractivity contribution in [3.8, 4) is 5.75 Å². The lowest BCUT2D eigenvalue weighted by molar-refractivity contribution is 0.104. The van der Waals surface area contributed by atoms with Crippen molar-refractivity contribution in [1.29, 1.82) is 0 Å². The van der Waals surface area contributed by atoms with E-state index in [0.29, 0.717) is 29.0 Å². The largest absolute Gasteiger partial charge is 0.491 e. The summed E-state index contributed by atoms with van der Waals surface area (Å²) in [6.45, 7) is 0.972. The number of benzene rings is 2. The summed E-state index contributed by atoms with van der Waals surface area (Å²) < 4.78 is 23.9. The minimum Gasteiger partial charge on any atom is -0.491 e. The first-order chi connectivity index (χ1) is 11.1. The number of ketones is 1. The van der Waals surface area contributed by atoms with Gasteiger partial charge in [0.25, 0.3) is 0 Å². The van der Waals surface area contributed by atoms with Gasteiger partial charge in [0.15, 0.2) is 5.78 Å². The number of allylic oxidation sites excluding steroid dienone is 1. The molecule has 0 radical (unpaired) electrons. The van der Waals surface area contributed by atoms with E-state index >= 15 is 0 Å². The predicted octanol–water partition coefficient (Wildman–Crippen LogP) is 4.51. The van der Waals surface area contributed by atoms with Crippen molar-refractivity contribution in [2.45, 2.75) is 0 Å². The molecule has 0 bridgehead atoms. The van der Waals surface area contributed by atoms with Gasteiger partial charge < -0.3 is 9.47 Å². The minimum atomic E-state index is -0.336. The molecule has 0 N–H and O–H groups in total. The van der Waals surface area contributed by atoms with Crippen molar-refractivity contribution in [3.63, 3.8) is 0 Å². The number of carbonyl (C=O) groups excluding carboxylic acids is 1. The molecule has 2 aromatic carbocycles. The number of carbonyl (C=O) groups is 1. The second-order valence-corrected chi connectivity index (χ2v) is 5.59. The van der Waals surface area contributed by atoms with Crippen molar-refractivity contribution in [2.24, 2.45) is 0 Å². The number of hydrogen-bond donors (Lipinski definition) is 0. The maximum absolute atomic E-state index is 13.2. The van der Waals surface area contributed by atoms with Crippen LogP contribution in [0.4, 0.5) is 4.39 Å². The van der Waals surface area contributed by atoms with E-state index in [-0.39, 0.29) is 11.6 Å². The van der Waals surface area contributed by atoms with Gasteiger partial charge >= 0.3 is 0 Å². The highest BCUT2D eigenvalue weighted by Crippen LogP contribution is 2.18. The Bertz CT molecular complexity index is 696. The standard InChI is InChI=1S/C18H16BrFO3/c1-22-10-11-23-15-6-4-14(5-7-15)18(21)9-3-13-2-8-17(20)16(19)12-13/h2-9,12H,10-11H2,1H3. The molecule has 0 fully saturated rings. The van der Waals surface area contributed by atoms with Crippen molar-refractivity contribution in [3.05, 3.63) is 70.0 Å². The van der Waals surface area contributed by atoms with Crippen LogP contribution >= 0.6 is 15.9 Å². The van der Waals surface area contributed by atoms with Crippen LogP contribution in [0.5, 0.6) is 5.75 Å². The van der Waals surface area contributed by atoms with Gasteiger partial charge in [-0.25, -0.2) is 4.39 Å². The number of methoxy groups -OCH3 is 1. The Hall–Kier alpha value is -1.98. The molecule has 0 aliphatic rings. The highest BCUT2D eigenvalue weighted by Gasteiger charge is 2.03. The Kier molecular flexibility index (Phi) is 6.50. The Balaban J connectivity index is 1.99. The fourth-order valence-corrected chi connectivity index (χ4v) is 2.24. The van der Waals surface area contributed by atoms with E-state index in [1.54, 1.807) is 49.6 Å². The first kappa shape index (κ1) is 17.4. The summed E-state index contributed by atoms with van der Waals surface area (Å²) in [6.07, 6.45) is 3.11. The minimum absolute atomic E-state index is 0.131. The van der Waals surface area contributed by atoms with E-state index in [1.165, 1.54) is 12.1 Å². The molecule has 3 nitrogen and oxygen atoms in total. The second kappa shape index (κ2) is 8.60. The zero-order valence-corrected chi connectivity index (χ0v) is 14.2. The normalized spacial score (nSPS) is 10.9. The lowest BCUT2D eigenvalue weighted by Crippen LogP contribution is -2.04. The van der Waals surface area contributed by atoms with Crippen LogP contribution in [0.2, 0.25) is 0 Å². The van der Waals surface area contributed by atoms with Crippen LogP contribution in [-0.4, -0.2) is 26.1 Å². The SMILES string of the molecule is COCCOc1ccc(C(=O)C=Cc2ccc(F)c(Br)c2)cc1. The van der Waals surface area contributed by atoms with E-state index in [1.807, 2.05) is 0 Å². The quantitative estimate of drug-likeness (QED) is 0.404. The van der Waals surface area contributed by atoms with Crippen LogP contribution in [0, 0.1) is 5.82 Å². The van der Waals surface area contributed by atoms with E-state index in [2.05, 4.69) is 15.9 Å². The Morgan fingerprint density at radius 2 is 1.91 bits per heavy atom. The Morgan fingerprint density at radius 1 is 1.17 bits per heavy atom. The predicted molar refractivity (Wildman–Crippen MR) is 91.3 cm³/mol. The third kappa shape index (κ3) is 5.30. The molecule has 0 heterocycles. The molecule has 0 saturated carbocycles. The van der Waals surface area contributed by atoms with Crippen LogP contribution in [0.15, 0.2) is 53.0 Å². The number of halogens is 2. The Morgan fingerprint density at radius 3 is 2.57 bits per heavy atom. The summed E-state index contributed by atoms with van der Waals surface area (Å²) in [5.41, 5.74) is 1.30. The average molecular weight is 379 g/mol. The Labute approximate surface area is 142 Å². The van der Waals surface area contributed by atoms with Crippen molar-refractivity contribution >= 4 is 27.8 Å². The molecule has 0 spiro atoms. The zero-order valence-electron chi connectivity index (χ0n) is 12.6. The summed E-state index contributed by atoms with van der Waals surface area (Å²) >= 11 is 3.12. The lowest BCUT2D eigenvalue weighted by Gasteiger charge is -2.05. The van der Waals surface area contributed by atoms with Gasteiger partial charge in [0.05, 0.1) is 11.1 Å². The monoisotopic (exact) mass is 378 g/mol. The average Bonchev–Trinajstić information content (AvgIpc) is 2.56. The first-order valence-electron chi connectivity index (χ1n) is 6.99. The van der Waals surface area contributed by atoms with Gasteiger partial charge in [-0.05, 0) is 64.0 Å². The van der Waals surface area contributed by atoms with Crippen molar-refractivity contribution < 1.29 is 18.7 Å². The molecule has 2 aromatic rings. The van der Waals surface area contributed by atoms with E-state index in [9.17, 15) is 9.18 Å². The molecule has 5 heteroatoms. The van der Waals surface area contributed by atoms with Crippen LogP contribution in [0.25, 0.3) is 6.08 Å². The molecular formula is C18H16BrFO3. The summed E-state index contributed by atoms with van der Waals surface area (Å²) in [5, 5.41) is 0. The molecule has 0 aliphatic carbocycles. The second-order valence-electron chi connectivity index (χ2n) is 4.74. The smallest absolute Gasteiger partial charge is 0.185 e. The van der Waals surface area contributed by atoms with Gasteiger partial charge in [0.1, 0.15) is 18.2 Å². The van der Waals surface area contributed by atoms with Crippen LogP contribution in [0.1, 0.15) is 15.9 Å². The van der Waals surface area contributed by atoms with Crippen molar-refractivity contribution in [2.75, 3.05) is 20.3 Å². The molecule has 2 rings (SSSR count). The zero-order chi connectivity index (χ0) is 16.7. The van der Waals surface area contributed by atoms with Gasteiger partial charge in [-0.2, -0.15) is 0 Å². The number of rotatable bonds is 7. The molecule has 0 amide bonds. The fourth-order valence-electron chi connectivity index (χ4n) is 1.84. The molecule has 120 valence electrons. The van der Waals surface area contributed by atoms with Crippen LogP contribution in [0.3, 0.4) is 0 Å². The highest BCUT2D eigenvalue weighted by atomic mass is 79.9. The van der Waals surface area contributed by atoms with E-state index < -0.39 is 0 Å². The van der Waals surface area contributed by atoms with Gasteiger partial charge in [-0.15, -0.1) is 0 Å². The lowest BCUT2D eigenvalue weighted by atomic mass is 10.1. The summed E-state index contributed by atoms with van der Waals surface area (Å²) in [7, 11) is 1.61. The van der Waals surface area contributed by atoms with Gasteiger partial charge in [0, 0.05) is 12.7 Å². The molecule has 0 unspecified atom stereocenters. The summed E-state index contributed by atoms with van der Waals surface area (Å²) in [6, 6.07) is 11.5. The van der Waals surface area contributed by atoms with E-state index in [0.717, 1.165) is 5.56 Å². The van der Waals surface area contributed by atoms with Crippen LogP contribution < -0.4 is 4.74 Å². The highest BCUT2D eigenvalue weighted by molar-refractivity contribution is 9.10. The summed E-state index contributed by atoms with van der Waals surface area (Å²) in [4.78, 5) is 12.1. The maximum Gasteiger partial charge on any atom is 0.185 e. The van der Waals surface area contributed by atoms with Gasteiger partial charge in [-0.1, -0.05) is 12.1 Å². The molecule has 23 heavy (non-hydrogen) atoms. The molecule has 0 atom stereocenters. The van der Waals surface area contributed by atoms with Gasteiger partial charge in [0.2, 0.25) is 0 Å². The number of hydrogen-bond acceptors (Lipinski definition) is 3. The summed E-state index contributed by atoms with van der Waals surface area (Å²) in [5.74, 6) is 0.219. The molecule has 0 aromatic heterocycles. The number of ether oxygens (including phenoxy) is 2. The molecule has 0 aliphatic heterocycles. The van der Waals surface area contributed by atoms with Gasteiger partial charge in [-0.3, -0.25) is 4.79 Å². The van der Waals surface area contributed by atoms with E-state index in [4.69, 9.17) is 9.47 Å². The third-order valence-corrected chi connectivity index (χ3v) is 3.67. The molecular weight excluding hydrogens is 363 g/mol. The molecule has 0 saturated heterocycles. The topological polar surface area (TPSA) is 35.5 Å². The van der Waals surface area contributed by atoms with Crippen molar-refractivity contribution in [1.82, 2.24) is 0 Å². The first-order valence-corrected chi connectivity index (χ1v) is 7.78. The third-order valence-electron chi connectivity index (χ3n) is 3.07. The fraction of sp³-hybridized carbons (Fsp3) is 0.167. The maximum atomic E-state index is 13.2.